The van der Waals surface area contributed by atoms with Crippen molar-refractivity contribution in [1.29, 1.82) is 0 Å². The highest BCUT2D eigenvalue weighted by Crippen LogP contribution is 2.72. The van der Waals surface area contributed by atoms with Gasteiger partial charge in [-0.25, -0.2) is 4.39 Å². The summed E-state index contributed by atoms with van der Waals surface area (Å²) in [6.07, 6.45) is 4.91. The molecule has 1 aromatic carbocycles. The minimum atomic E-state index is -1.96. The summed E-state index contributed by atoms with van der Waals surface area (Å²) >= 11 is 0. The van der Waals surface area contributed by atoms with Crippen LogP contribution in [0.5, 0.6) is 0 Å². The van der Waals surface area contributed by atoms with E-state index in [0.29, 0.717) is 25.8 Å². The molecule has 7 heteroatoms. The van der Waals surface area contributed by atoms with E-state index in [-0.39, 0.29) is 24.0 Å². The highest BCUT2D eigenvalue weighted by Gasteiger charge is 2.78. The van der Waals surface area contributed by atoms with Crippen LogP contribution in [0.4, 0.5) is 10.1 Å². The molecule has 1 aromatic rings. The summed E-state index contributed by atoms with van der Waals surface area (Å²) in [7, 11) is 0. The number of aryl methyl sites for hydroxylation is 1. The van der Waals surface area contributed by atoms with Crippen molar-refractivity contribution in [2.45, 2.75) is 63.8 Å². The normalized spacial score (nSPS) is 45.0. The quantitative estimate of drug-likeness (QED) is 0.666. The number of rotatable bonds is 3. The number of Topliss-reactive ketones (excluding diaryl/α,β-unsaturated/α-hetero) is 1. The maximum Gasteiger partial charge on any atom is 0.193 e. The second-order valence-electron chi connectivity index (χ2n) is 12.0. The van der Waals surface area contributed by atoms with Crippen LogP contribution in [0.2, 0.25) is 0 Å². The van der Waals surface area contributed by atoms with Crippen LogP contribution in [-0.2, 0) is 14.4 Å². The van der Waals surface area contributed by atoms with Gasteiger partial charge in [-0.2, -0.15) is 0 Å². The second kappa shape index (κ2) is 7.59. The highest BCUT2D eigenvalue weighted by atomic mass is 19.1. The molecule has 6 nitrogen and oxygen atoms in total. The van der Waals surface area contributed by atoms with E-state index in [1.54, 1.807) is 18.1 Å². The molecule has 1 saturated heterocycles. The Bertz CT molecular complexity index is 1210. The van der Waals surface area contributed by atoms with Crippen molar-refractivity contribution in [2.24, 2.45) is 28.6 Å². The average molecular weight is 496 g/mol. The molecule has 0 bridgehead atoms. The van der Waals surface area contributed by atoms with Crippen LogP contribution in [0.15, 0.2) is 48.1 Å². The molecule has 0 amide bonds. The Morgan fingerprint density at radius 1 is 1.28 bits per heavy atom. The summed E-state index contributed by atoms with van der Waals surface area (Å²) in [5.41, 5.74) is -2.61. The molecule has 192 valence electrons. The third-order valence-electron chi connectivity index (χ3n) is 10.5. The Kier molecular flexibility index (Phi) is 5.06. The van der Waals surface area contributed by atoms with Gasteiger partial charge >= 0.3 is 0 Å². The summed E-state index contributed by atoms with van der Waals surface area (Å²) in [6, 6.07) is 7.85. The minimum Gasteiger partial charge on any atom is -0.390 e. The van der Waals surface area contributed by atoms with Crippen LogP contribution in [0, 0.1) is 35.5 Å². The molecule has 0 aromatic heterocycles. The fraction of sp³-hybridized carbons (Fsp3) is 0.586. The van der Waals surface area contributed by atoms with Crippen molar-refractivity contribution in [2.75, 3.05) is 18.2 Å². The molecular weight excluding hydrogens is 461 g/mol. The molecule has 1 heterocycles. The number of benzene rings is 1. The molecule has 4 aliphatic carbocycles. The van der Waals surface area contributed by atoms with Gasteiger partial charge in [-0.15, -0.1) is 0 Å². The van der Waals surface area contributed by atoms with E-state index in [9.17, 15) is 19.8 Å². The molecule has 1 aliphatic heterocycles. The van der Waals surface area contributed by atoms with Crippen molar-refractivity contribution < 1.29 is 29.0 Å². The zero-order valence-electron chi connectivity index (χ0n) is 21.0. The first-order chi connectivity index (χ1) is 17.0. The van der Waals surface area contributed by atoms with Gasteiger partial charge in [0.1, 0.15) is 6.61 Å². The van der Waals surface area contributed by atoms with Crippen molar-refractivity contribution in [1.82, 2.24) is 0 Å². The van der Waals surface area contributed by atoms with Gasteiger partial charge < -0.3 is 10.2 Å². The third kappa shape index (κ3) is 2.71. The average Bonchev–Trinajstić information content (AvgIpc) is 3.34. The number of ketones is 2. The van der Waals surface area contributed by atoms with E-state index in [2.05, 4.69) is 0 Å². The SMILES string of the molecule is Cc1cccc(N2C[C@@H]3C[C@H]4[C@@H]5CCC6=CC(=O)C=C[C@]6(C)[C@@]5(F)[C@@H](O)C[C@]4(C)[C@]3(C(=O)CO)O2)c1. The van der Waals surface area contributed by atoms with Gasteiger partial charge in [0.05, 0.1) is 18.3 Å². The van der Waals surface area contributed by atoms with Crippen LogP contribution >= 0.6 is 0 Å². The Morgan fingerprint density at radius 2 is 2.06 bits per heavy atom. The number of carbonyl (C=O) groups is 2. The van der Waals surface area contributed by atoms with Crippen molar-refractivity contribution >= 4 is 17.3 Å². The zero-order valence-corrected chi connectivity index (χ0v) is 21.0. The number of allylic oxidation sites excluding steroid dienone is 4. The predicted molar refractivity (Wildman–Crippen MR) is 132 cm³/mol. The summed E-state index contributed by atoms with van der Waals surface area (Å²) < 4.78 is 17.4. The number of aliphatic hydroxyl groups excluding tert-OH is 2. The number of aliphatic hydroxyl groups is 2. The van der Waals surface area contributed by atoms with Crippen molar-refractivity contribution in [3.63, 3.8) is 0 Å². The highest BCUT2D eigenvalue weighted by molar-refractivity contribution is 6.01. The predicted octanol–water partition coefficient (Wildman–Crippen LogP) is 3.64. The number of hydrogen-bond donors (Lipinski definition) is 2. The number of halogens is 1. The van der Waals surface area contributed by atoms with Gasteiger partial charge in [-0.05, 0) is 75.3 Å². The lowest BCUT2D eigenvalue weighted by Gasteiger charge is -2.62. The van der Waals surface area contributed by atoms with Gasteiger partial charge in [0.25, 0.3) is 0 Å². The number of fused-ring (bicyclic) bond motifs is 7. The van der Waals surface area contributed by atoms with Gasteiger partial charge in [0.2, 0.25) is 0 Å². The number of hydroxylamine groups is 1. The van der Waals surface area contributed by atoms with Crippen LogP contribution in [0.3, 0.4) is 0 Å². The largest absolute Gasteiger partial charge is 0.390 e. The monoisotopic (exact) mass is 495 g/mol. The van der Waals surface area contributed by atoms with E-state index in [1.165, 1.54) is 12.2 Å². The maximum atomic E-state index is 17.4. The molecule has 6 rings (SSSR count). The molecule has 0 spiro atoms. The van der Waals surface area contributed by atoms with Gasteiger partial charge in [-0.3, -0.25) is 19.5 Å². The first kappa shape index (κ1) is 24.0. The van der Waals surface area contributed by atoms with E-state index in [4.69, 9.17) is 4.84 Å². The summed E-state index contributed by atoms with van der Waals surface area (Å²) in [5.74, 6) is -1.51. The molecule has 3 saturated carbocycles. The van der Waals surface area contributed by atoms with Crippen LogP contribution in [-0.4, -0.2) is 52.3 Å². The molecule has 0 radical (unpaired) electrons. The van der Waals surface area contributed by atoms with Crippen molar-refractivity contribution in [3.8, 4) is 0 Å². The third-order valence-corrected chi connectivity index (χ3v) is 10.5. The van der Waals surface area contributed by atoms with E-state index in [1.807, 2.05) is 38.1 Å². The van der Waals surface area contributed by atoms with Crippen LogP contribution < -0.4 is 5.06 Å². The topological polar surface area (TPSA) is 87.1 Å². The van der Waals surface area contributed by atoms with Gasteiger partial charge in [-0.1, -0.05) is 30.7 Å². The van der Waals surface area contributed by atoms with E-state index in [0.717, 1.165) is 16.8 Å². The number of carbonyl (C=O) groups excluding carboxylic acids is 2. The smallest absolute Gasteiger partial charge is 0.193 e. The molecule has 36 heavy (non-hydrogen) atoms. The van der Waals surface area contributed by atoms with Crippen molar-refractivity contribution in [3.05, 3.63) is 53.6 Å². The lowest BCUT2D eigenvalue weighted by molar-refractivity contribution is -0.223. The van der Waals surface area contributed by atoms with E-state index >= 15 is 4.39 Å². The Balaban J connectivity index is 1.43. The molecule has 4 fully saturated rings. The molecule has 5 aliphatic rings. The summed E-state index contributed by atoms with van der Waals surface area (Å²) in [5, 5.41) is 23.4. The zero-order chi connectivity index (χ0) is 25.7. The van der Waals surface area contributed by atoms with Crippen LogP contribution in [0.25, 0.3) is 0 Å². The second-order valence-corrected chi connectivity index (χ2v) is 12.0. The fourth-order valence-electron chi connectivity index (χ4n) is 8.81. The van der Waals surface area contributed by atoms with Gasteiger partial charge in [0.15, 0.2) is 22.8 Å². The first-order valence-corrected chi connectivity index (χ1v) is 13.0. The summed E-state index contributed by atoms with van der Waals surface area (Å²) in [6.45, 7) is 5.52. The van der Waals surface area contributed by atoms with Crippen LogP contribution in [0.1, 0.15) is 45.1 Å². The lowest BCUT2D eigenvalue weighted by Crippen LogP contribution is -2.69. The molecule has 2 N–H and O–H groups in total. The Labute approximate surface area is 210 Å². The molecule has 8 atom stereocenters. The number of alkyl halides is 1. The maximum absolute atomic E-state index is 17.4. The van der Waals surface area contributed by atoms with Gasteiger partial charge in [0, 0.05) is 22.7 Å². The number of anilines is 1. The minimum absolute atomic E-state index is 0.0409. The molecular formula is C29H34FNO5. The standard InChI is InChI=1S/C29H34FNO5/c1-17-5-4-6-20(11-17)31-15-19-13-23-22-8-7-18-12-21(33)9-10-26(18,2)28(22,30)24(34)14-27(23,3)29(19,36-31)25(35)16-32/h4-6,9-12,19,22-24,32,34H,7-8,13-16H2,1-3H3/t19-,22-,23-,24-,26-,27-,28-,29-/m0/s1. The number of nitrogens with zero attached hydrogens (tertiary/aromatic N) is 1. The first-order valence-electron chi connectivity index (χ1n) is 13.0. The van der Waals surface area contributed by atoms with E-state index < -0.39 is 46.5 Å². The fourth-order valence-corrected chi connectivity index (χ4v) is 8.81. The Hall–Kier alpha value is -2.35. The lowest BCUT2D eigenvalue weighted by atomic mass is 9.44. The Morgan fingerprint density at radius 3 is 2.78 bits per heavy atom. The summed E-state index contributed by atoms with van der Waals surface area (Å²) in [4.78, 5) is 32.2. The molecule has 0 unspecified atom stereocenters. The number of hydrogen-bond acceptors (Lipinski definition) is 6.